The van der Waals surface area contributed by atoms with Gasteiger partial charge in [0.2, 0.25) is 0 Å². The molecule has 0 aliphatic rings. The van der Waals surface area contributed by atoms with E-state index in [0.29, 0.717) is 10.9 Å². The minimum Gasteiger partial charge on any atom is -0.255 e. The highest BCUT2D eigenvalue weighted by Crippen LogP contribution is 2.31. The predicted octanol–water partition coefficient (Wildman–Crippen LogP) is 3.12. The molecule has 0 fully saturated rings. The number of aryl methyl sites for hydroxylation is 1. The molecular weight excluding hydrogens is 269 g/mol. The summed E-state index contributed by atoms with van der Waals surface area (Å²) in [6.07, 6.45) is 1.17. The molecule has 0 spiro atoms. The van der Waals surface area contributed by atoms with Crippen LogP contribution < -0.4 is 0 Å². The van der Waals surface area contributed by atoms with Crippen LogP contribution in [0.15, 0.2) is 29.3 Å². The lowest BCUT2D eigenvalue weighted by atomic mass is 10.1. The van der Waals surface area contributed by atoms with Crippen LogP contribution in [-0.2, 0) is 9.05 Å². The second-order valence-corrected chi connectivity index (χ2v) is 6.31. The number of hydrogen-bond donors (Lipinski definition) is 0. The normalized spacial score (nSPS) is 11.9. The summed E-state index contributed by atoms with van der Waals surface area (Å²) in [6.45, 7) is 1.89. The molecule has 0 aliphatic carbocycles. The Labute approximate surface area is 102 Å². The number of rotatable bonds is 1. The maximum atomic E-state index is 11.2. The lowest BCUT2D eigenvalue weighted by Crippen LogP contribution is -1.94. The van der Waals surface area contributed by atoms with E-state index in [-0.39, 0.29) is 9.92 Å². The molecule has 6 heteroatoms. The van der Waals surface area contributed by atoms with Gasteiger partial charge in [0.1, 0.15) is 4.90 Å². The van der Waals surface area contributed by atoms with Crippen LogP contribution in [0, 0.1) is 6.92 Å². The van der Waals surface area contributed by atoms with Crippen molar-refractivity contribution < 1.29 is 8.42 Å². The van der Waals surface area contributed by atoms with Gasteiger partial charge in [0.05, 0.1) is 10.5 Å². The molecule has 0 saturated carbocycles. The minimum absolute atomic E-state index is 0.115. The molecule has 1 heterocycles. The summed E-state index contributed by atoms with van der Waals surface area (Å²) < 4.78 is 22.4. The Morgan fingerprint density at radius 2 is 2.00 bits per heavy atom. The molecule has 0 unspecified atom stereocenters. The lowest BCUT2D eigenvalue weighted by Gasteiger charge is -2.04. The zero-order valence-corrected chi connectivity index (χ0v) is 10.6. The summed E-state index contributed by atoms with van der Waals surface area (Å²) in [4.78, 5) is 3.84. The molecule has 84 valence electrons. The lowest BCUT2D eigenvalue weighted by molar-refractivity contribution is 0.609. The van der Waals surface area contributed by atoms with Gasteiger partial charge in [-0.25, -0.2) is 8.42 Å². The Morgan fingerprint density at radius 1 is 1.31 bits per heavy atom. The van der Waals surface area contributed by atoms with E-state index in [1.165, 1.54) is 6.20 Å². The number of pyridine rings is 1. The largest absolute Gasteiger partial charge is 0.264 e. The first-order valence-electron chi connectivity index (χ1n) is 4.39. The molecule has 2 rings (SSSR count). The quantitative estimate of drug-likeness (QED) is 0.752. The van der Waals surface area contributed by atoms with E-state index in [1.807, 2.05) is 13.0 Å². The van der Waals surface area contributed by atoms with E-state index < -0.39 is 9.05 Å². The smallest absolute Gasteiger partial charge is 0.255 e. The van der Waals surface area contributed by atoms with Gasteiger partial charge in [-0.1, -0.05) is 23.2 Å². The maximum absolute atomic E-state index is 11.2. The SMILES string of the molecule is Cc1ccc2ncc(S(=O)(=O)Cl)c(Cl)c2c1. The Hall–Kier alpha value is -0.840. The minimum atomic E-state index is -3.86. The highest BCUT2D eigenvalue weighted by atomic mass is 35.7. The number of nitrogens with zero attached hydrogens (tertiary/aromatic N) is 1. The Bertz CT molecular complexity index is 668. The van der Waals surface area contributed by atoms with E-state index in [9.17, 15) is 8.42 Å². The number of halogens is 2. The summed E-state index contributed by atoms with van der Waals surface area (Å²) in [5.74, 6) is 0. The van der Waals surface area contributed by atoms with E-state index in [2.05, 4.69) is 4.98 Å². The first-order valence-corrected chi connectivity index (χ1v) is 7.08. The van der Waals surface area contributed by atoms with Crippen LogP contribution in [0.3, 0.4) is 0 Å². The summed E-state index contributed by atoms with van der Waals surface area (Å²) in [7, 11) is 1.39. The fourth-order valence-corrected chi connectivity index (χ4v) is 2.90. The second-order valence-electron chi connectivity index (χ2n) is 3.39. The fraction of sp³-hybridized carbons (Fsp3) is 0.100. The van der Waals surface area contributed by atoms with E-state index >= 15 is 0 Å². The summed E-state index contributed by atoms with van der Waals surface area (Å²) in [5, 5.41) is 0.701. The maximum Gasteiger partial charge on any atom is 0.264 e. The van der Waals surface area contributed by atoms with Crippen molar-refractivity contribution in [2.75, 3.05) is 0 Å². The highest BCUT2D eigenvalue weighted by Gasteiger charge is 2.17. The van der Waals surface area contributed by atoms with Crippen LogP contribution in [0.25, 0.3) is 10.9 Å². The van der Waals surface area contributed by atoms with Crippen LogP contribution in [0.4, 0.5) is 0 Å². The van der Waals surface area contributed by atoms with Crippen molar-refractivity contribution >= 4 is 42.2 Å². The van der Waals surface area contributed by atoms with Crippen molar-refractivity contribution in [1.29, 1.82) is 0 Å². The van der Waals surface area contributed by atoms with E-state index in [1.54, 1.807) is 12.1 Å². The summed E-state index contributed by atoms with van der Waals surface area (Å²) in [6, 6.07) is 5.43. The molecule has 16 heavy (non-hydrogen) atoms. The van der Waals surface area contributed by atoms with Crippen LogP contribution in [-0.4, -0.2) is 13.4 Å². The van der Waals surface area contributed by atoms with Gasteiger partial charge in [0, 0.05) is 22.3 Å². The van der Waals surface area contributed by atoms with Gasteiger partial charge in [-0.3, -0.25) is 4.98 Å². The first-order chi connectivity index (χ1) is 7.39. The molecular formula is C10H7Cl2NO2S. The highest BCUT2D eigenvalue weighted by molar-refractivity contribution is 8.13. The van der Waals surface area contributed by atoms with Crippen LogP contribution in [0.5, 0.6) is 0 Å². The Morgan fingerprint density at radius 3 is 2.62 bits per heavy atom. The molecule has 0 radical (unpaired) electrons. The van der Waals surface area contributed by atoms with Crippen molar-refractivity contribution in [2.24, 2.45) is 0 Å². The van der Waals surface area contributed by atoms with Crippen molar-refractivity contribution in [3.8, 4) is 0 Å². The standard InChI is InChI=1S/C10H7Cl2NO2S/c1-6-2-3-8-7(4-6)10(11)9(5-13-8)16(12,14)15/h2-5H,1H3. The number of hydrogen-bond acceptors (Lipinski definition) is 3. The van der Waals surface area contributed by atoms with Gasteiger partial charge < -0.3 is 0 Å². The number of aromatic nitrogens is 1. The number of fused-ring (bicyclic) bond motifs is 1. The van der Waals surface area contributed by atoms with Crippen molar-refractivity contribution in [3.05, 3.63) is 35.0 Å². The van der Waals surface area contributed by atoms with Crippen LogP contribution in [0.2, 0.25) is 5.02 Å². The van der Waals surface area contributed by atoms with Gasteiger partial charge in [0.15, 0.2) is 0 Å². The van der Waals surface area contributed by atoms with E-state index in [0.717, 1.165) is 5.56 Å². The van der Waals surface area contributed by atoms with Gasteiger partial charge in [-0.15, -0.1) is 0 Å². The molecule has 0 saturated heterocycles. The van der Waals surface area contributed by atoms with Gasteiger partial charge in [0.25, 0.3) is 9.05 Å². The second kappa shape index (κ2) is 3.87. The Balaban J connectivity index is 2.89. The molecule has 0 bridgehead atoms. The van der Waals surface area contributed by atoms with Gasteiger partial charge in [-0.05, 0) is 19.1 Å². The predicted molar refractivity (Wildman–Crippen MR) is 64.5 cm³/mol. The molecule has 1 aromatic heterocycles. The topological polar surface area (TPSA) is 47.0 Å². The van der Waals surface area contributed by atoms with Crippen LogP contribution in [0.1, 0.15) is 5.56 Å². The zero-order valence-electron chi connectivity index (χ0n) is 8.24. The van der Waals surface area contributed by atoms with Gasteiger partial charge in [-0.2, -0.15) is 0 Å². The first kappa shape index (κ1) is 11.6. The summed E-state index contributed by atoms with van der Waals surface area (Å²) >= 11 is 5.99. The third-order valence-corrected chi connectivity index (χ3v) is 4.04. The van der Waals surface area contributed by atoms with Gasteiger partial charge >= 0.3 is 0 Å². The molecule has 1 aromatic carbocycles. The molecule has 0 N–H and O–H groups in total. The van der Waals surface area contributed by atoms with Crippen molar-refractivity contribution in [3.63, 3.8) is 0 Å². The molecule has 0 aliphatic heterocycles. The van der Waals surface area contributed by atoms with Crippen molar-refractivity contribution in [2.45, 2.75) is 11.8 Å². The number of benzene rings is 1. The average Bonchev–Trinajstić information content (AvgIpc) is 2.17. The third kappa shape index (κ3) is 2.00. The molecule has 3 nitrogen and oxygen atoms in total. The third-order valence-electron chi connectivity index (χ3n) is 2.19. The monoisotopic (exact) mass is 275 g/mol. The van der Waals surface area contributed by atoms with Crippen molar-refractivity contribution in [1.82, 2.24) is 4.98 Å². The molecule has 2 aromatic rings. The molecule has 0 amide bonds. The average molecular weight is 276 g/mol. The van der Waals surface area contributed by atoms with Crippen LogP contribution >= 0.6 is 22.3 Å². The zero-order chi connectivity index (χ0) is 11.9. The summed E-state index contributed by atoms with van der Waals surface area (Å²) in [5.41, 5.74) is 1.61. The molecule has 0 atom stereocenters. The fourth-order valence-electron chi connectivity index (χ4n) is 1.43. The van der Waals surface area contributed by atoms with E-state index in [4.69, 9.17) is 22.3 Å². The Kier molecular flexibility index (Phi) is 2.82.